The smallest absolute Gasteiger partial charge is 0.250 e. The number of halogens is 2. The molecule has 3 rings (SSSR count). The standard InChI is InChI=1S/C15H13ClFNO4/c1-15(11-8(16)4-2-5-9(11)17)13(21)12(20)14(22-15)18-7-3-6-10(18)19/h2,4-5,20H,3,6-7H2,1H3. The van der Waals surface area contributed by atoms with Crippen molar-refractivity contribution in [3.8, 4) is 0 Å². The molecule has 0 radical (unpaired) electrons. The van der Waals surface area contributed by atoms with Crippen molar-refractivity contribution in [1.82, 2.24) is 4.90 Å². The zero-order chi connectivity index (χ0) is 16.1. The van der Waals surface area contributed by atoms with E-state index in [0.717, 1.165) is 6.07 Å². The van der Waals surface area contributed by atoms with Gasteiger partial charge in [-0.2, -0.15) is 0 Å². The van der Waals surface area contributed by atoms with Gasteiger partial charge in [-0.1, -0.05) is 17.7 Å². The topological polar surface area (TPSA) is 66.8 Å². The molecule has 0 bridgehead atoms. The Hall–Kier alpha value is -2.08. The summed E-state index contributed by atoms with van der Waals surface area (Å²) in [4.78, 5) is 25.4. The Morgan fingerprint density at radius 1 is 1.41 bits per heavy atom. The van der Waals surface area contributed by atoms with E-state index >= 15 is 0 Å². The lowest BCUT2D eigenvalue weighted by atomic mass is 9.91. The lowest BCUT2D eigenvalue weighted by Gasteiger charge is -2.27. The van der Waals surface area contributed by atoms with Crippen molar-refractivity contribution in [3.05, 3.63) is 46.2 Å². The molecule has 2 aliphatic heterocycles. The van der Waals surface area contributed by atoms with E-state index in [-0.39, 0.29) is 22.4 Å². The first-order valence-corrected chi connectivity index (χ1v) is 7.16. The molecule has 0 aromatic heterocycles. The van der Waals surface area contributed by atoms with Crippen molar-refractivity contribution in [2.45, 2.75) is 25.4 Å². The lowest BCUT2D eigenvalue weighted by Crippen LogP contribution is -2.34. The summed E-state index contributed by atoms with van der Waals surface area (Å²) in [7, 11) is 0. The third-order valence-corrected chi connectivity index (χ3v) is 4.23. The number of aliphatic hydroxyl groups excluding tert-OH is 1. The number of ketones is 1. The maximum Gasteiger partial charge on any atom is 0.250 e. The summed E-state index contributed by atoms with van der Waals surface area (Å²) < 4.78 is 19.7. The van der Waals surface area contributed by atoms with Crippen LogP contribution in [0.5, 0.6) is 0 Å². The van der Waals surface area contributed by atoms with Crippen molar-refractivity contribution in [1.29, 1.82) is 0 Å². The van der Waals surface area contributed by atoms with Crippen LogP contribution in [0, 0.1) is 5.82 Å². The van der Waals surface area contributed by atoms with Gasteiger partial charge in [-0.05, 0) is 25.5 Å². The average molecular weight is 326 g/mol. The maximum absolute atomic E-state index is 14.1. The van der Waals surface area contributed by atoms with Crippen LogP contribution in [0.1, 0.15) is 25.3 Å². The summed E-state index contributed by atoms with van der Waals surface area (Å²) in [6.07, 6.45) is 0.913. The zero-order valence-corrected chi connectivity index (χ0v) is 12.5. The van der Waals surface area contributed by atoms with E-state index in [4.69, 9.17) is 16.3 Å². The van der Waals surface area contributed by atoms with E-state index in [9.17, 15) is 19.1 Å². The molecular formula is C15H13ClFNO4. The number of likely N-dealkylation sites (tertiary alicyclic amines) is 1. The van der Waals surface area contributed by atoms with Crippen LogP contribution in [0.25, 0.3) is 0 Å². The van der Waals surface area contributed by atoms with E-state index in [1.165, 1.54) is 24.0 Å². The van der Waals surface area contributed by atoms with Crippen molar-refractivity contribution in [2.75, 3.05) is 6.54 Å². The predicted octanol–water partition coefficient (Wildman–Crippen LogP) is 2.64. The molecule has 0 saturated carbocycles. The first kappa shape index (κ1) is 14.8. The maximum atomic E-state index is 14.1. The minimum absolute atomic E-state index is 0.0117. The molecule has 0 aliphatic carbocycles. The lowest BCUT2D eigenvalue weighted by molar-refractivity contribution is -0.137. The van der Waals surface area contributed by atoms with E-state index in [0.29, 0.717) is 19.4 Å². The number of aliphatic hydroxyl groups is 1. The number of hydrogen-bond acceptors (Lipinski definition) is 4. The Morgan fingerprint density at radius 3 is 2.73 bits per heavy atom. The van der Waals surface area contributed by atoms with E-state index in [1.807, 2.05) is 0 Å². The molecule has 2 heterocycles. The number of amides is 1. The zero-order valence-electron chi connectivity index (χ0n) is 11.7. The summed E-state index contributed by atoms with van der Waals surface area (Å²) in [6, 6.07) is 3.99. The third-order valence-electron chi connectivity index (χ3n) is 3.91. The van der Waals surface area contributed by atoms with Crippen LogP contribution >= 0.6 is 11.6 Å². The highest BCUT2D eigenvalue weighted by Gasteiger charge is 2.52. The molecule has 0 spiro atoms. The Bertz CT molecular complexity index is 697. The van der Waals surface area contributed by atoms with Crippen LogP contribution in [0.2, 0.25) is 5.02 Å². The first-order valence-electron chi connectivity index (χ1n) is 6.78. The van der Waals surface area contributed by atoms with E-state index < -0.39 is 23.0 Å². The van der Waals surface area contributed by atoms with Gasteiger partial charge in [0.05, 0.1) is 10.6 Å². The molecule has 2 aliphatic rings. The van der Waals surface area contributed by atoms with Gasteiger partial charge in [-0.15, -0.1) is 0 Å². The molecule has 116 valence electrons. The van der Waals surface area contributed by atoms with Gasteiger partial charge in [0.1, 0.15) is 5.82 Å². The molecule has 1 aromatic rings. The van der Waals surface area contributed by atoms with Crippen molar-refractivity contribution in [3.63, 3.8) is 0 Å². The molecule has 1 saturated heterocycles. The molecule has 1 N–H and O–H groups in total. The summed E-state index contributed by atoms with van der Waals surface area (Å²) in [5.74, 6) is -2.70. The fraction of sp³-hybridized carbons (Fsp3) is 0.333. The largest absolute Gasteiger partial charge is 0.501 e. The molecule has 1 fully saturated rings. The van der Waals surface area contributed by atoms with Crippen molar-refractivity contribution >= 4 is 23.3 Å². The number of carbonyl (C=O) groups is 2. The van der Waals surface area contributed by atoms with Crippen LogP contribution in [-0.4, -0.2) is 28.2 Å². The Balaban J connectivity index is 2.05. The van der Waals surface area contributed by atoms with Crippen LogP contribution in [0.3, 0.4) is 0 Å². The minimum Gasteiger partial charge on any atom is -0.501 e. The van der Waals surface area contributed by atoms with Gasteiger partial charge in [0, 0.05) is 13.0 Å². The summed E-state index contributed by atoms with van der Waals surface area (Å²) in [5, 5.41) is 10.1. The Morgan fingerprint density at radius 2 is 2.14 bits per heavy atom. The fourth-order valence-corrected chi connectivity index (χ4v) is 3.12. The Kier molecular flexibility index (Phi) is 3.36. The van der Waals surface area contributed by atoms with Gasteiger partial charge in [-0.25, -0.2) is 4.39 Å². The summed E-state index contributed by atoms with van der Waals surface area (Å²) in [5.41, 5.74) is -1.96. The number of carbonyl (C=O) groups excluding carboxylic acids is 2. The fourth-order valence-electron chi connectivity index (χ4n) is 2.78. The van der Waals surface area contributed by atoms with Crippen LogP contribution < -0.4 is 0 Å². The van der Waals surface area contributed by atoms with Gasteiger partial charge in [0.2, 0.25) is 23.2 Å². The molecule has 5 nitrogen and oxygen atoms in total. The number of benzene rings is 1. The highest BCUT2D eigenvalue weighted by Crippen LogP contribution is 2.43. The molecular weight excluding hydrogens is 313 g/mol. The third kappa shape index (κ3) is 1.98. The van der Waals surface area contributed by atoms with Gasteiger partial charge >= 0.3 is 0 Å². The SMILES string of the molecule is CC1(c2c(F)cccc2Cl)OC(N2CCCC2=O)=C(O)C1=O. The highest BCUT2D eigenvalue weighted by molar-refractivity contribution is 6.32. The van der Waals surface area contributed by atoms with Gasteiger partial charge in [-0.3, -0.25) is 14.5 Å². The molecule has 22 heavy (non-hydrogen) atoms. The summed E-state index contributed by atoms with van der Waals surface area (Å²) >= 11 is 6.00. The second kappa shape index (κ2) is 4.98. The molecule has 1 amide bonds. The highest BCUT2D eigenvalue weighted by atomic mass is 35.5. The number of hydrogen-bond donors (Lipinski definition) is 1. The van der Waals surface area contributed by atoms with Crippen LogP contribution in [-0.2, 0) is 19.9 Å². The quantitative estimate of drug-likeness (QED) is 0.907. The second-order valence-corrected chi connectivity index (χ2v) is 5.77. The molecule has 1 atom stereocenters. The second-order valence-electron chi connectivity index (χ2n) is 5.36. The predicted molar refractivity (Wildman–Crippen MR) is 75.5 cm³/mol. The van der Waals surface area contributed by atoms with Gasteiger partial charge < -0.3 is 9.84 Å². The molecule has 1 aromatic carbocycles. The summed E-state index contributed by atoms with van der Waals surface area (Å²) in [6.45, 7) is 1.66. The number of ether oxygens (including phenoxy) is 1. The first-order chi connectivity index (χ1) is 10.4. The number of rotatable bonds is 2. The Labute approximate surface area is 130 Å². The minimum atomic E-state index is -1.80. The normalized spacial score (nSPS) is 25.1. The van der Waals surface area contributed by atoms with Crippen molar-refractivity contribution in [2.24, 2.45) is 0 Å². The number of Topliss-reactive ketones (excluding diaryl/α,β-unsaturated/α-hetero) is 1. The molecule has 1 unspecified atom stereocenters. The average Bonchev–Trinajstić information content (AvgIpc) is 2.97. The van der Waals surface area contributed by atoms with Gasteiger partial charge in [0.15, 0.2) is 0 Å². The van der Waals surface area contributed by atoms with Crippen molar-refractivity contribution < 1.29 is 23.8 Å². The van der Waals surface area contributed by atoms with Gasteiger partial charge in [0.25, 0.3) is 5.78 Å². The monoisotopic (exact) mass is 325 g/mol. The van der Waals surface area contributed by atoms with E-state index in [2.05, 4.69) is 0 Å². The van der Waals surface area contributed by atoms with Crippen LogP contribution in [0.15, 0.2) is 29.8 Å². The number of nitrogens with zero attached hydrogens (tertiary/aromatic N) is 1. The molecule has 7 heteroatoms. The van der Waals surface area contributed by atoms with Crippen LogP contribution in [0.4, 0.5) is 4.39 Å². The van der Waals surface area contributed by atoms with E-state index in [1.54, 1.807) is 0 Å².